The zero-order chi connectivity index (χ0) is 19.2. The van der Waals surface area contributed by atoms with Crippen molar-refractivity contribution >= 4 is 11.9 Å². The summed E-state index contributed by atoms with van der Waals surface area (Å²) in [5, 5.41) is 6.61. The van der Waals surface area contributed by atoms with Crippen molar-refractivity contribution in [3.63, 3.8) is 0 Å². The van der Waals surface area contributed by atoms with Crippen molar-refractivity contribution in [1.29, 1.82) is 0 Å². The zero-order valence-electron chi connectivity index (χ0n) is 15.2. The van der Waals surface area contributed by atoms with E-state index in [-0.39, 0.29) is 24.6 Å². The van der Waals surface area contributed by atoms with E-state index in [1.54, 1.807) is 13.8 Å². The number of nitrogens with zero attached hydrogens (tertiary/aromatic N) is 1. The predicted octanol–water partition coefficient (Wildman–Crippen LogP) is 4.10. The zero-order valence-corrected chi connectivity index (χ0v) is 15.2. The molecule has 3 aromatic rings. The van der Waals surface area contributed by atoms with Crippen molar-refractivity contribution in [2.45, 2.75) is 13.8 Å². The Morgan fingerprint density at radius 2 is 1.37 bits per heavy atom. The summed E-state index contributed by atoms with van der Waals surface area (Å²) in [5.41, 5.74) is 3.35. The number of rotatable bonds is 6. The Hall–Kier alpha value is -3.41. The molecule has 0 atom stereocenters. The largest absolute Gasteiger partial charge is 0.461 e. The highest BCUT2D eigenvalue weighted by Crippen LogP contribution is 2.30. The summed E-state index contributed by atoms with van der Waals surface area (Å²) in [6, 6.07) is 17.5. The van der Waals surface area contributed by atoms with Crippen LogP contribution in [0.5, 0.6) is 0 Å². The monoisotopic (exact) mass is 364 g/mol. The summed E-state index contributed by atoms with van der Waals surface area (Å²) in [6.45, 7) is 3.87. The fraction of sp³-hybridized carbons (Fsp3) is 0.190. The van der Waals surface area contributed by atoms with Gasteiger partial charge in [-0.3, -0.25) is 5.10 Å². The quantitative estimate of drug-likeness (QED) is 0.666. The Morgan fingerprint density at radius 3 is 2.00 bits per heavy atom. The number of esters is 2. The molecule has 1 heterocycles. The molecule has 27 heavy (non-hydrogen) atoms. The lowest BCUT2D eigenvalue weighted by molar-refractivity contribution is 0.0513. The number of nitrogens with one attached hydrogen (secondary N) is 1. The minimum absolute atomic E-state index is 0.0624. The first-order chi connectivity index (χ1) is 13.2. The fourth-order valence-electron chi connectivity index (χ4n) is 2.78. The van der Waals surface area contributed by atoms with E-state index >= 15 is 0 Å². The SMILES string of the molecule is CCOC(=O)c1n[nH]c(C(=O)OCC)c1-c1ccc(-c2ccccc2)cc1. The first-order valence-corrected chi connectivity index (χ1v) is 8.74. The maximum absolute atomic E-state index is 12.3. The molecule has 0 saturated heterocycles. The number of aromatic nitrogens is 2. The van der Waals surface area contributed by atoms with Gasteiger partial charge in [-0.05, 0) is 30.5 Å². The molecule has 0 spiro atoms. The van der Waals surface area contributed by atoms with Crippen LogP contribution in [0.3, 0.4) is 0 Å². The molecule has 0 radical (unpaired) electrons. The Labute approximate surface area is 157 Å². The van der Waals surface area contributed by atoms with Crippen LogP contribution >= 0.6 is 0 Å². The van der Waals surface area contributed by atoms with Crippen LogP contribution in [-0.4, -0.2) is 35.3 Å². The van der Waals surface area contributed by atoms with Gasteiger partial charge in [0.1, 0.15) is 0 Å². The molecule has 3 rings (SSSR count). The van der Waals surface area contributed by atoms with Crippen LogP contribution in [0, 0.1) is 0 Å². The molecule has 0 unspecified atom stereocenters. The van der Waals surface area contributed by atoms with Gasteiger partial charge in [0.25, 0.3) is 0 Å². The highest BCUT2D eigenvalue weighted by atomic mass is 16.5. The summed E-state index contributed by atoms with van der Waals surface area (Å²) in [4.78, 5) is 24.5. The van der Waals surface area contributed by atoms with Crippen molar-refractivity contribution in [3.8, 4) is 22.3 Å². The van der Waals surface area contributed by atoms with Crippen LogP contribution in [0.15, 0.2) is 54.6 Å². The smallest absolute Gasteiger partial charge is 0.359 e. The average Bonchev–Trinajstić information content (AvgIpc) is 3.14. The van der Waals surface area contributed by atoms with E-state index in [1.165, 1.54) is 0 Å². The Balaban J connectivity index is 2.04. The van der Waals surface area contributed by atoms with Crippen LogP contribution in [0.2, 0.25) is 0 Å². The van der Waals surface area contributed by atoms with E-state index < -0.39 is 11.9 Å². The molecule has 6 heteroatoms. The molecule has 0 fully saturated rings. The molecule has 0 aliphatic heterocycles. The molecule has 138 valence electrons. The minimum atomic E-state index is -0.591. The average molecular weight is 364 g/mol. The molecular formula is C21H20N2O4. The van der Waals surface area contributed by atoms with E-state index in [4.69, 9.17) is 9.47 Å². The Morgan fingerprint density at radius 1 is 0.815 bits per heavy atom. The van der Waals surface area contributed by atoms with Gasteiger partial charge in [0, 0.05) is 5.56 Å². The number of H-pyrrole nitrogens is 1. The molecule has 0 bridgehead atoms. The van der Waals surface area contributed by atoms with Gasteiger partial charge in [-0.25, -0.2) is 9.59 Å². The number of hydrogen-bond acceptors (Lipinski definition) is 5. The van der Waals surface area contributed by atoms with E-state index in [1.807, 2.05) is 54.6 Å². The second kappa shape index (κ2) is 8.31. The van der Waals surface area contributed by atoms with Gasteiger partial charge >= 0.3 is 11.9 Å². The molecule has 1 N–H and O–H groups in total. The fourth-order valence-corrected chi connectivity index (χ4v) is 2.78. The summed E-state index contributed by atoms with van der Waals surface area (Å²) in [7, 11) is 0. The maximum Gasteiger partial charge on any atom is 0.359 e. The topological polar surface area (TPSA) is 81.3 Å². The standard InChI is InChI=1S/C21H20N2O4/c1-3-26-20(24)18-17(19(23-22-18)21(25)27-4-2)16-12-10-15(11-13-16)14-8-6-5-7-9-14/h5-13H,3-4H2,1-2H3,(H,22,23). The first-order valence-electron chi connectivity index (χ1n) is 8.74. The number of benzene rings is 2. The molecule has 0 aliphatic rings. The van der Waals surface area contributed by atoms with Gasteiger partial charge in [-0.2, -0.15) is 5.10 Å². The van der Waals surface area contributed by atoms with E-state index in [0.29, 0.717) is 11.1 Å². The molecule has 6 nitrogen and oxygen atoms in total. The van der Waals surface area contributed by atoms with Gasteiger partial charge in [-0.1, -0.05) is 54.6 Å². The van der Waals surface area contributed by atoms with Gasteiger partial charge in [0.05, 0.1) is 13.2 Å². The highest BCUT2D eigenvalue weighted by molar-refractivity contribution is 6.04. The number of carbonyl (C=O) groups excluding carboxylic acids is 2. The molecule has 0 aliphatic carbocycles. The van der Waals surface area contributed by atoms with Crippen molar-refractivity contribution in [1.82, 2.24) is 10.2 Å². The van der Waals surface area contributed by atoms with Crippen LogP contribution in [0.25, 0.3) is 22.3 Å². The van der Waals surface area contributed by atoms with Gasteiger partial charge < -0.3 is 9.47 Å². The summed E-state index contributed by atoms with van der Waals surface area (Å²) < 4.78 is 10.1. The molecule has 2 aromatic carbocycles. The summed E-state index contributed by atoms with van der Waals surface area (Å²) in [6.07, 6.45) is 0. The lowest BCUT2D eigenvalue weighted by Gasteiger charge is -2.08. The van der Waals surface area contributed by atoms with E-state index in [2.05, 4.69) is 10.2 Å². The Bertz CT molecular complexity index is 895. The van der Waals surface area contributed by atoms with E-state index in [9.17, 15) is 9.59 Å². The number of hydrogen-bond donors (Lipinski definition) is 1. The van der Waals surface area contributed by atoms with E-state index in [0.717, 1.165) is 11.1 Å². The number of aromatic amines is 1. The summed E-state index contributed by atoms with van der Waals surface area (Å²) >= 11 is 0. The van der Waals surface area contributed by atoms with Crippen molar-refractivity contribution < 1.29 is 19.1 Å². The van der Waals surface area contributed by atoms with Crippen LogP contribution in [-0.2, 0) is 9.47 Å². The molecule has 1 aromatic heterocycles. The lowest BCUT2D eigenvalue weighted by atomic mass is 9.98. The predicted molar refractivity (Wildman–Crippen MR) is 101 cm³/mol. The molecule has 0 saturated carbocycles. The third kappa shape index (κ3) is 3.89. The van der Waals surface area contributed by atoms with Gasteiger partial charge in [-0.15, -0.1) is 0 Å². The second-order valence-corrected chi connectivity index (χ2v) is 5.71. The Kier molecular flexibility index (Phi) is 5.66. The third-order valence-electron chi connectivity index (χ3n) is 4.00. The van der Waals surface area contributed by atoms with Crippen molar-refractivity contribution in [2.24, 2.45) is 0 Å². The van der Waals surface area contributed by atoms with Gasteiger partial charge in [0.15, 0.2) is 11.4 Å². The molecule has 0 amide bonds. The normalized spacial score (nSPS) is 10.4. The highest BCUT2D eigenvalue weighted by Gasteiger charge is 2.26. The van der Waals surface area contributed by atoms with Crippen molar-refractivity contribution in [3.05, 3.63) is 66.0 Å². The lowest BCUT2D eigenvalue weighted by Crippen LogP contribution is -2.09. The number of carbonyl (C=O) groups is 2. The van der Waals surface area contributed by atoms with Gasteiger partial charge in [0.2, 0.25) is 0 Å². The van der Waals surface area contributed by atoms with Crippen molar-refractivity contribution in [2.75, 3.05) is 13.2 Å². The minimum Gasteiger partial charge on any atom is -0.461 e. The first kappa shape index (κ1) is 18.4. The second-order valence-electron chi connectivity index (χ2n) is 5.71. The summed E-state index contributed by atoms with van der Waals surface area (Å²) in [5.74, 6) is -1.16. The maximum atomic E-state index is 12.3. The van der Waals surface area contributed by atoms with Crippen LogP contribution < -0.4 is 0 Å². The third-order valence-corrected chi connectivity index (χ3v) is 4.00. The number of ether oxygens (including phenoxy) is 2. The van der Waals surface area contributed by atoms with Crippen LogP contribution in [0.4, 0.5) is 0 Å². The molecular weight excluding hydrogens is 344 g/mol. The van der Waals surface area contributed by atoms with Crippen LogP contribution in [0.1, 0.15) is 34.8 Å².